The van der Waals surface area contributed by atoms with Gasteiger partial charge < -0.3 is 69.8 Å². The fourth-order valence-electron chi connectivity index (χ4n) is 8.32. The van der Waals surface area contributed by atoms with Crippen molar-refractivity contribution in [3.63, 3.8) is 0 Å². The van der Waals surface area contributed by atoms with Gasteiger partial charge in [0.2, 0.25) is 0 Å². The van der Waals surface area contributed by atoms with Crippen LogP contribution in [-0.4, -0.2) is 107 Å². The van der Waals surface area contributed by atoms with Crippen molar-refractivity contribution in [1.29, 1.82) is 0 Å². The number of hydrogen-bond donors (Lipinski definition) is 10. The van der Waals surface area contributed by atoms with E-state index in [-0.39, 0.29) is 134 Å². The molecule has 1 fully saturated rings. The Labute approximate surface area is 780 Å². The summed E-state index contributed by atoms with van der Waals surface area (Å²) in [5, 5.41) is 92.1. The van der Waals surface area contributed by atoms with Gasteiger partial charge in [-0.15, -0.1) is 0 Å². The van der Waals surface area contributed by atoms with Crippen molar-refractivity contribution < 1.29 is 89.0 Å². The van der Waals surface area contributed by atoms with Crippen LogP contribution in [0.5, 0.6) is 57.5 Å². The molecule has 25 heteroatoms. The predicted molar refractivity (Wildman–Crippen MR) is 540 cm³/mol. The molecule has 10 aromatic carbocycles. The maximum absolute atomic E-state index is 11.2. The van der Waals surface area contributed by atoms with Crippen molar-refractivity contribution in [1.82, 2.24) is 0 Å². The molecule has 120 heavy (non-hydrogen) atoms. The summed E-state index contributed by atoms with van der Waals surface area (Å²) < 4.78 is 26.3. The zero-order chi connectivity index (χ0) is 84.4. The number of phenols is 10. The summed E-state index contributed by atoms with van der Waals surface area (Å²) >= 11 is 15.8. The van der Waals surface area contributed by atoms with Gasteiger partial charge in [-0.2, -0.15) is 0 Å². The molecule has 0 spiro atoms. The van der Waals surface area contributed by atoms with Gasteiger partial charge >= 0.3 is 19.1 Å². The van der Waals surface area contributed by atoms with E-state index in [4.69, 9.17) is 54.5 Å². The van der Waals surface area contributed by atoms with Gasteiger partial charge in [-0.1, -0.05) is 173 Å². The molecule has 1 saturated heterocycles. The van der Waals surface area contributed by atoms with Crippen LogP contribution in [0, 0.1) is 10.7 Å². The van der Waals surface area contributed by atoms with Gasteiger partial charge in [-0.3, -0.25) is 9.59 Å². The Hall–Kier alpha value is -9.21. The van der Waals surface area contributed by atoms with Gasteiger partial charge in [-0.05, 0) is 343 Å². The topological polar surface area (TPSA) is 308 Å². The molecule has 0 atom stereocenters. The van der Waals surface area contributed by atoms with Crippen LogP contribution < -0.4 is 5.46 Å². The van der Waals surface area contributed by atoms with Crippen LogP contribution >= 0.6 is 116 Å². The van der Waals surface area contributed by atoms with E-state index in [1.165, 1.54) is 61.0 Å². The third-order valence-electron chi connectivity index (χ3n) is 14.9. The molecule has 10 aromatic rings. The van der Waals surface area contributed by atoms with Crippen LogP contribution in [0.25, 0.3) is 41.5 Å². The molecule has 654 valence electrons. The minimum absolute atomic E-state index is 0. The van der Waals surface area contributed by atoms with Gasteiger partial charge in [0.15, 0.2) is 6.29 Å². The van der Waals surface area contributed by atoms with Crippen molar-refractivity contribution in [3.8, 4) is 68.6 Å². The first-order valence-electron chi connectivity index (χ1n) is 33.8. The maximum Gasteiger partial charge on any atom is 0.494 e. The van der Waals surface area contributed by atoms with E-state index < -0.39 is 7.12 Å². The lowest BCUT2D eigenvalue weighted by molar-refractivity contribution is 0.00578. The molecule has 18 nitrogen and oxygen atoms in total. The normalized spacial score (nSPS) is 10.5. The Kier molecular flexibility index (Phi) is 66.8. The maximum atomic E-state index is 11.2. The van der Waals surface area contributed by atoms with Gasteiger partial charge in [-0.25, -0.2) is 9.59 Å². The first-order chi connectivity index (χ1) is 52.9. The van der Waals surface area contributed by atoms with E-state index in [9.17, 15) is 34.5 Å². The number of halogens is 6. The number of ether oxygens (including phenoxy) is 2. The standard InChI is InChI=1S/C16H14O2.C14H19BO3.C9H9BrO3.C9H10O3.C8H7BrO.C8H7IO.C7H5BrO2.C7H5IO2.C6H5IO.C3H8.8CH4/c1-3-11-5-7-16(18)14(9-11)13-6-8-15(17)12(4-2)10-13;1-6-10-9-11(7-8-12(10)16)15-17-13(2,3)14(4,5)18-15;1-2-13-9(12)6-3-4-8(11)7(10)5-6;1-2-12-9(11)7-3-5-8(10)6-4-7;1-2-6-3-4-8(10)7(9)5-6;1-2-6-5-7(9)3-4-8(6)10;8-6-3-5(4-9)1-2-7(6)10;8-6-1-2-7(10)5(3-6)4-9;7-5-1-3-6(8)4-2-5;1-3-2;;;;;;;;/h3-10,17-18H,1-2H2;6-9,16H,1H2,2-5H3;3-5,11H,2H2,1H3;3-6,10H,2H2,1H3;2*2-5,10H,1H2;2*1-4,10H;1-4,8H;3H2,1-2H3;8*1H4. The van der Waals surface area contributed by atoms with E-state index in [2.05, 4.69) is 162 Å². The van der Waals surface area contributed by atoms with E-state index >= 15 is 0 Å². The molecule has 0 aliphatic carbocycles. The molecule has 11 rings (SSSR count). The summed E-state index contributed by atoms with van der Waals surface area (Å²) in [6.45, 7) is 34.7. The Morgan fingerprint density at radius 1 is 0.375 bits per heavy atom. The van der Waals surface area contributed by atoms with Crippen LogP contribution in [0.15, 0.2) is 240 Å². The number of phenolic OH excluding ortho intramolecular Hbond substituents is 10. The zero-order valence-electron chi connectivity index (χ0n) is 62.8. The second kappa shape index (κ2) is 64.6. The monoisotopic (exact) mass is 2180 g/mol. The second-order valence-corrected chi connectivity index (χ2v) is 30.2. The molecule has 0 aromatic heterocycles. The third-order valence-corrected chi connectivity index (χ3v) is 18.9. The number of hydrogen-bond acceptors (Lipinski definition) is 18. The van der Waals surface area contributed by atoms with Crippen molar-refractivity contribution in [2.75, 3.05) is 13.2 Å². The summed E-state index contributed by atoms with van der Waals surface area (Å²) in [4.78, 5) is 42.6. The Morgan fingerprint density at radius 3 is 1.08 bits per heavy atom. The lowest BCUT2D eigenvalue weighted by Crippen LogP contribution is -2.41. The van der Waals surface area contributed by atoms with E-state index in [0.29, 0.717) is 77.6 Å². The summed E-state index contributed by atoms with van der Waals surface area (Å²) in [5.41, 5.74) is 7.48. The molecular weight excluding hydrogens is 2060 g/mol. The second-order valence-electron chi connectivity index (χ2n) is 23.9. The highest BCUT2D eigenvalue weighted by molar-refractivity contribution is 14.1. The first-order valence-corrected chi connectivity index (χ1v) is 39.5. The van der Waals surface area contributed by atoms with Gasteiger partial charge in [0, 0.05) is 38.5 Å². The molecule has 0 unspecified atom stereocenters. The number of aromatic hydroxyl groups is 10. The molecule has 0 radical (unpaired) electrons. The summed E-state index contributed by atoms with van der Waals surface area (Å²) in [6, 6.07) is 53.2. The molecular formula is C95H121BBr3I3O18. The summed E-state index contributed by atoms with van der Waals surface area (Å²) in [7, 11) is -0.408. The van der Waals surface area contributed by atoms with E-state index in [0.717, 1.165) is 44.7 Å². The number of aldehydes is 2. The number of esters is 2. The quantitative estimate of drug-likeness (QED) is 0.0222. The number of carbonyl (C=O) groups excluding carboxylic acids is 4. The Balaban J connectivity index is -0.000000239. The number of carbonyl (C=O) groups is 4. The highest BCUT2D eigenvalue weighted by atomic mass is 127. The van der Waals surface area contributed by atoms with Crippen molar-refractivity contribution in [2.24, 2.45) is 0 Å². The molecule has 0 bridgehead atoms. The fourth-order valence-corrected chi connectivity index (χ4v) is 10.9. The molecule has 1 aliphatic rings. The van der Waals surface area contributed by atoms with Crippen LogP contribution in [0.4, 0.5) is 0 Å². The van der Waals surface area contributed by atoms with Crippen molar-refractivity contribution >= 4 is 183 Å². The average molecular weight is 2180 g/mol. The molecule has 0 saturated carbocycles. The lowest BCUT2D eigenvalue weighted by Gasteiger charge is -2.32. The average Bonchev–Trinajstić information content (AvgIpc) is 1.61. The van der Waals surface area contributed by atoms with Crippen LogP contribution in [0.3, 0.4) is 0 Å². The highest BCUT2D eigenvalue weighted by Gasteiger charge is 2.51. The van der Waals surface area contributed by atoms with Crippen molar-refractivity contribution in [3.05, 3.63) is 301 Å². The highest BCUT2D eigenvalue weighted by Crippen LogP contribution is 2.38. The van der Waals surface area contributed by atoms with E-state index in [1.807, 2.05) is 76.2 Å². The predicted octanol–water partition coefficient (Wildman–Crippen LogP) is 28.0. The number of rotatable bonds is 13. The smallest absolute Gasteiger partial charge is 0.494 e. The van der Waals surface area contributed by atoms with Gasteiger partial charge in [0.1, 0.15) is 63.8 Å². The molecule has 1 aliphatic heterocycles. The fraction of sp³-hybridized carbons (Fsp3) is 0.221. The van der Waals surface area contributed by atoms with Gasteiger partial charge in [0.25, 0.3) is 0 Å². The Bertz CT molecular complexity index is 4600. The Morgan fingerprint density at radius 2 is 0.700 bits per heavy atom. The molecule has 1 heterocycles. The minimum atomic E-state index is -0.408. The molecule has 10 N–H and O–H groups in total. The number of benzene rings is 10. The molecule has 0 amide bonds. The summed E-state index contributed by atoms with van der Waals surface area (Å²) in [6.07, 6.45) is 10.9. The third kappa shape index (κ3) is 43.8. The summed E-state index contributed by atoms with van der Waals surface area (Å²) in [5.74, 6) is 1.13. The van der Waals surface area contributed by atoms with Crippen LogP contribution in [0.2, 0.25) is 0 Å². The largest absolute Gasteiger partial charge is 0.508 e. The first kappa shape index (κ1) is 124. The SMILES string of the molecule is C.C.C.C.C.C.C.C.C=Cc1cc(B2OC(C)(C)C(C)(C)O2)ccc1O.C=Cc1cc(I)ccc1O.C=Cc1ccc(O)c(-c2ccc(O)c(C=C)c2)c1.C=Cc1ccc(O)c(Br)c1.CCC.CCOC(=O)c1ccc(O)c(Br)c1.CCOC(=O)c1ccc(O)cc1.O=Cc1cc(I)ccc1O.O=Cc1ccc(O)c(Br)c1.Oc1ccc(I)cc1. The lowest BCUT2D eigenvalue weighted by atomic mass is 9.78. The van der Waals surface area contributed by atoms with Crippen LogP contribution in [0.1, 0.15) is 190 Å². The minimum Gasteiger partial charge on any atom is -0.508 e. The zero-order valence-corrected chi connectivity index (χ0v) is 74.0. The van der Waals surface area contributed by atoms with E-state index in [1.54, 1.807) is 135 Å². The van der Waals surface area contributed by atoms with Crippen molar-refractivity contribution in [2.45, 2.75) is 132 Å². The van der Waals surface area contributed by atoms with Gasteiger partial charge in [0.05, 0.1) is 54.5 Å². The van der Waals surface area contributed by atoms with Crippen LogP contribution in [-0.2, 0) is 18.8 Å².